The lowest BCUT2D eigenvalue weighted by molar-refractivity contribution is 0.0208. The molecule has 0 spiro atoms. The summed E-state index contributed by atoms with van der Waals surface area (Å²) in [7, 11) is 4.00. The first-order chi connectivity index (χ1) is 9.74. The monoisotopic (exact) mass is 274 g/mol. The third kappa shape index (κ3) is 2.66. The number of morpholine rings is 1. The molecular formula is C14H18N4O2. The first-order valence-electron chi connectivity index (χ1n) is 6.68. The Balaban J connectivity index is 1.84. The summed E-state index contributed by atoms with van der Waals surface area (Å²) in [5.74, 6) is 1.13. The number of nitrogens with one attached hydrogen (secondary N) is 1. The molecule has 0 saturated carbocycles. The molecule has 0 amide bonds. The number of benzene rings is 1. The van der Waals surface area contributed by atoms with Gasteiger partial charge in [-0.05, 0) is 18.2 Å². The summed E-state index contributed by atoms with van der Waals surface area (Å²) in [5, 5.41) is 7.28. The molecule has 0 aliphatic carbocycles. The van der Waals surface area contributed by atoms with Crippen molar-refractivity contribution in [1.82, 2.24) is 15.5 Å². The van der Waals surface area contributed by atoms with E-state index < -0.39 is 0 Å². The van der Waals surface area contributed by atoms with Crippen LogP contribution in [-0.4, -0.2) is 43.9 Å². The normalized spacial score (nSPS) is 19.0. The molecule has 106 valence electrons. The van der Waals surface area contributed by atoms with Crippen LogP contribution in [0.1, 0.15) is 11.9 Å². The van der Waals surface area contributed by atoms with E-state index in [1.807, 2.05) is 43.3 Å². The molecule has 1 unspecified atom stereocenters. The number of hydrogen-bond acceptors (Lipinski definition) is 6. The second-order valence-electron chi connectivity index (χ2n) is 4.97. The molecule has 1 aliphatic heterocycles. The van der Waals surface area contributed by atoms with Gasteiger partial charge in [0.2, 0.25) is 5.82 Å². The predicted molar refractivity (Wildman–Crippen MR) is 75.6 cm³/mol. The molecule has 1 aromatic heterocycles. The third-order valence-electron chi connectivity index (χ3n) is 3.27. The lowest BCUT2D eigenvalue weighted by Crippen LogP contribution is -2.33. The minimum Gasteiger partial charge on any atom is -0.378 e. The number of anilines is 1. The van der Waals surface area contributed by atoms with Crippen LogP contribution in [0.15, 0.2) is 28.8 Å². The van der Waals surface area contributed by atoms with E-state index in [1.54, 1.807) is 0 Å². The van der Waals surface area contributed by atoms with Gasteiger partial charge in [-0.3, -0.25) is 0 Å². The molecule has 1 atom stereocenters. The summed E-state index contributed by atoms with van der Waals surface area (Å²) in [4.78, 5) is 6.48. The highest BCUT2D eigenvalue weighted by Gasteiger charge is 2.22. The van der Waals surface area contributed by atoms with Gasteiger partial charge in [0.1, 0.15) is 6.10 Å². The van der Waals surface area contributed by atoms with E-state index in [1.165, 1.54) is 0 Å². The molecule has 1 aliphatic rings. The van der Waals surface area contributed by atoms with E-state index in [4.69, 9.17) is 9.26 Å². The van der Waals surface area contributed by atoms with Crippen LogP contribution >= 0.6 is 0 Å². The average molecular weight is 274 g/mol. The lowest BCUT2D eigenvalue weighted by Gasteiger charge is -2.20. The molecule has 3 rings (SSSR count). The van der Waals surface area contributed by atoms with Gasteiger partial charge in [-0.15, -0.1) is 0 Å². The zero-order valence-electron chi connectivity index (χ0n) is 11.7. The molecule has 0 radical (unpaired) electrons. The fraction of sp³-hybridized carbons (Fsp3) is 0.429. The highest BCUT2D eigenvalue weighted by Crippen LogP contribution is 2.24. The van der Waals surface area contributed by atoms with Crippen LogP contribution in [0.2, 0.25) is 0 Å². The zero-order chi connectivity index (χ0) is 13.9. The average Bonchev–Trinajstić information content (AvgIpc) is 2.98. The third-order valence-corrected chi connectivity index (χ3v) is 3.27. The van der Waals surface area contributed by atoms with Gasteiger partial charge in [0.15, 0.2) is 0 Å². The van der Waals surface area contributed by atoms with Gasteiger partial charge in [-0.25, -0.2) is 0 Å². The van der Waals surface area contributed by atoms with Crippen LogP contribution in [0.5, 0.6) is 0 Å². The largest absolute Gasteiger partial charge is 0.378 e. The summed E-state index contributed by atoms with van der Waals surface area (Å²) in [6, 6.07) is 8.00. The molecule has 0 bridgehead atoms. The van der Waals surface area contributed by atoms with Crippen LogP contribution in [0.3, 0.4) is 0 Å². The quantitative estimate of drug-likeness (QED) is 0.914. The van der Waals surface area contributed by atoms with Crippen LogP contribution < -0.4 is 10.2 Å². The van der Waals surface area contributed by atoms with E-state index in [0.29, 0.717) is 18.3 Å². The number of hydrogen-bond donors (Lipinski definition) is 1. The maximum Gasteiger partial charge on any atom is 0.258 e. The van der Waals surface area contributed by atoms with Gasteiger partial charge in [-0.1, -0.05) is 11.2 Å². The molecule has 1 saturated heterocycles. The molecular weight excluding hydrogens is 256 g/mol. The molecule has 2 heterocycles. The second kappa shape index (κ2) is 5.60. The van der Waals surface area contributed by atoms with Crippen LogP contribution in [0.25, 0.3) is 11.5 Å². The van der Waals surface area contributed by atoms with Crippen molar-refractivity contribution in [3.8, 4) is 11.5 Å². The fourth-order valence-corrected chi connectivity index (χ4v) is 2.13. The number of ether oxygens (including phenoxy) is 1. The van der Waals surface area contributed by atoms with E-state index >= 15 is 0 Å². The van der Waals surface area contributed by atoms with Crippen molar-refractivity contribution in [2.24, 2.45) is 0 Å². The van der Waals surface area contributed by atoms with Crippen molar-refractivity contribution < 1.29 is 9.26 Å². The molecule has 6 nitrogen and oxygen atoms in total. The zero-order valence-corrected chi connectivity index (χ0v) is 11.7. The Hall–Kier alpha value is -1.92. The molecule has 1 fully saturated rings. The maximum atomic E-state index is 5.62. The molecule has 1 aromatic carbocycles. The number of nitrogens with zero attached hydrogens (tertiary/aromatic N) is 3. The summed E-state index contributed by atoms with van der Waals surface area (Å²) in [6.07, 6.45) is -0.127. The van der Waals surface area contributed by atoms with E-state index in [2.05, 4.69) is 15.5 Å². The summed E-state index contributed by atoms with van der Waals surface area (Å²) in [6.45, 7) is 2.26. The van der Waals surface area contributed by atoms with Crippen molar-refractivity contribution in [2.45, 2.75) is 6.10 Å². The predicted octanol–water partition coefficient (Wildman–Crippen LogP) is 1.46. The first-order valence-corrected chi connectivity index (χ1v) is 6.68. The minimum absolute atomic E-state index is 0.127. The Morgan fingerprint density at radius 3 is 3.00 bits per heavy atom. The molecule has 2 aromatic rings. The summed E-state index contributed by atoms with van der Waals surface area (Å²) in [5.41, 5.74) is 2.01. The van der Waals surface area contributed by atoms with E-state index in [0.717, 1.165) is 24.3 Å². The van der Waals surface area contributed by atoms with Crippen molar-refractivity contribution in [3.05, 3.63) is 30.1 Å². The topological polar surface area (TPSA) is 63.4 Å². The lowest BCUT2D eigenvalue weighted by atomic mass is 10.2. The first kappa shape index (κ1) is 13.1. The van der Waals surface area contributed by atoms with Crippen molar-refractivity contribution >= 4 is 5.69 Å². The van der Waals surface area contributed by atoms with E-state index in [9.17, 15) is 0 Å². The van der Waals surface area contributed by atoms with Crippen LogP contribution in [-0.2, 0) is 4.74 Å². The van der Waals surface area contributed by atoms with E-state index in [-0.39, 0.29) is 6.10 Å². The molecule has 1 N–H and O–H groups in total. The van der Waals surface area contributed by atoms with Crippen molar-refractivity contribution in [3.63, 3.8) is 0 Å². The van der Waals surface area contributed by atoms with Crippen LogP contribution in [0, 0.1) is 0 Å². The highest BCUT2D eigenvalue weighted by molar-refractivity contribution is 5.61. The Labute approximate surface area is 117 Å². The van der Waals surface area contributed by atoms with Gasteiger partial charge in [0.05, 0.1) is 6.61 Å². The summed E-state index contributed by atoms with van der Waals surface area (Å²) >= 11 is 0. The van der Waals surface area contributed by atoms with Gasteiger partial charge in [-0.2, -0.15) is 4.98 Å². The fourth-order valence-electron chi connectivity index (χ4n) is 2.13. The molecule has 20 heavy (non-hydrogen) atoms. The smallest absolute Gasteiger partial charge is 0.258 e. The Morgan fingerprint density at radius 1 is 1.35 bits per heavy atom. The van der Waals surface area contributed by atoms with Gasteiger partial charge >= 0.3 is 0 Å². The number of aromatic nitrogens is 2. The van der Waals surface area contributed by atoms with Gasteiger partial charge < -0.3 is 19.5 Å². The Kier molecular flexibility index (Phi) is 3.66. The Morgan fingerprint density at radius 2 is 2.25 bits per heavy atom. The maximum absolute atomic E-state index is 5.62. The van der Waals surface area contributed by atoms with Crippen LogP contribution in [0.4, 0.5) is 5.69 Å². The summed E-state index contributed by atoms with van der Waals surface area (Å²) < 4.78 is 11.0. The standard InChI is InChI=1S/C14H18N4O2/c1-18(2)11-5-3-4-10(8-11)14-16-13(17-20-14)12-9-15-6-7-19-12/h3-5,8,12,15H,6-7,9H2,1-2H3. The number of rotatable bonds is 3. The van der Waals surface area contributed by atoms with Gasteiger partial charge in [0.25, 0.3) is 5.89 Å². The highest BCUT2D eigenvalue weighted by atomic mass is 16.5. The van der Waals surface area contributed by atoms with Crippen molar-refractivity contribution in [2.75, 3.05) is 38.7 Å². The van der Waals surface area contributed by atoms with Gasteiger partial charge in [0, 0.05) is 38.4 Å². The SMILES string of the molecule is CN(C)c1cccc(-c2nc(C3CNCCO3)no2)c1. The van der Waals surface area contributed by atoms with Crippen molar-refractivity contribution in [1.29, 1.82) is 0 Å². The Bertz CT molecular complexity index is 576. The molecule has 6 heteroatoms. The minimum atomic E-state index is -0.127. The second-order valence-corrected chi connectivity index (χ2v) is 4.97.